The minimum Gasteiger partial charge on any atom is -0.480 e. The largest absolute Gasteiger partial charge is 0.480 e. The zero-order valence-electron chi connectivity index (χ0n) is 11.6. The van der Waals surface area contributed by atoms with Gasteiger partial charge in [-0.2, -0.15) is 9.57 Å². The number of carboxylic acids is 1. The molecule has 0 amide bonds. The van der Waals surface area contributed by atoms with E-state index >= 15 is 0 Å². The Bertz CT molecular complexity index is 708. The molecule has 1 aliphatic heterocycles. The second-order valence-corrected chi connectivity index (χ2v) is 7.17. The average Bonchev–Trinajstić information content (AvgIpc) is 2.83. The number of rotatable bonds is 4. The van der Waals surface area contributed by atoms with E-state index in [1.165, 1.54) is 6.92 Å². The Morgan fingerprint density at radius 3 is 2.76 bits per heavy atom. The van der Waals surface area contributed by atoms with Crippen molar-refractivity contribution in [2.24, 2.45) is 0 Å². The molecule has 0 aliphatic carbocycles. The predicted octanol–water partition coefficient (Wildman–Crippen LogP) is 1.33. The van der Waals surface area contributed by atoms with E-state index in [2.05, 4.69) is 0 Å². The fourth-order valence-electron chi connectivity index (χ4n) is 2.63. The molecule has 1 fully saturated rings. The molecule has 0 unspecified atom stereocenters. The number of nitrogens with zero attached hydrogens (tertiary/aromatic N) is 2. The van der Waals surface area contributed by atoms with Gasteiger partial charge >= 0.3 is 5.97 Å². The first kappa shape index (κ1) is 15.5. The first-order chi connectivity index (χ1) is 9.81. The van der Waals surface area contributed by atoms with Crippen LogP contribution >= 0.6 is 0 Å². The molecule has 21 heavy (non-hydrogen) atoms. The first-order valence-electron chi connectivity index (χ1n) is 6.53. The molecule has 1 aliphatic rings. The van der Waals surface area contributed by atoms with Gasteiger partial charge in [-0.15, -0.1) is 0 Å². The van der Waals surface area contributed by atoms with Crippen LogP contribution < -0.4 is 0 Å². The van der Waals surface area contributed by atoms with Crippen LogP contribution in [0.2, 0.25) is 0 Å². The molecule has 0 bridgehead atoms. The number of carbonyl (C=O) groups is 1. The second-order valence-electron chi connectivity index (χ2n) is 5.28. The molecule has 112 valence electrons. The molecular formula is C14H16N2O4S. The van der Waals surface area contributed by atoms with Crippen molar-refractivity contribution in [1.82, 2.24) is 4.31 Å². The van der Waals surface area contributed by atoms with Crippen LogP contribution in [0.25, 0.3) is 0 Å². The summed E-state index contributed by atoms with van der Waals surface area (Å²) in [4.78, 5) is 11.4. The van der Waals surface area contributed by atoms with Crippen LogP contribution in [0.5, 0.6) is 0 Å². The number of carboxylic acid groups (broad SMARTS) is 1. The number of sulfonamides is 1. The summed E-state index contributed by atoms with van der Waals surface area (Å²) in [5, 5.41) is 18.3. The molecule has 0 saturated carbocycles. The monoisotopic (exact) mass is 308 g/mol. The lowest BCUT2D eigenvalue weighted by Crippen LogP contribution is -2.51. The summed E-state index contributed by atoms with van der Waals surface area (Å²) in [5.74, 6) is -1.50. The molecule has 7 heteroatoms. The second kappa shape index (κ2) is 5.47. The van der Waals surface area contributed by atoms with Crippen molar-refractivity contribution in [2.45, 2.75) is 31.1 Å². The minimum atomic E-state index is -3.80. The van der Waals surface area contributed by atoms with Gasteiger partial charge in [0.25, 0.3) is 0 Å². The quantitative estimate of drug-likeness (QED) is 0.904. The number of aliphatic carboxylic acids is 1. The highest BCUT2D eigenvalue weighted by molar-refractivity contribution is 7.88. The zero-order valence-corrected chi connectivity index (χ0v) is 12.4. The lowest BCUT2D eigenvalue weighted by atomic mass is 10.0. The van der Waals surface area contributed by atoms with Crippen molar-refractivity contribution >= 4 is 16.0 Å². The van der Waals surface area contributed by atoms with Gasteiger partial charge in [0, 0.05) is 6.54 Å². The average molecular weight is 308 g/mol. The Hall–Kier alpha value is -1.91. The highest BCUT2D eigenvalue weighted by Gasteiger charge is 2.49. The van der Waals surface area contributed by atoms with Crippen molar-refractivity contribution < 1.29 is 18.3 Å². The smallest absolute Gasteiger partial charge is 0.324 e. The Morgan fingerprint density at radius 2 is 2.14 bits per heavy atom. The van der Waals surface area contributed by atoms with Crippen molar-refractivity contribution in [3.63, 3.8) is 0 Å². The van der Waals surface area contributed by atoms with Crippen LogP contribution in [-0.2, 0) is 20.6 Å². The molecule has 1 heterocycles. The van der Waals surface area contributed by atoms with Gasteiger partial charge in [-0.05, 0) is 31.4 Å². The van der Waals surface area contributed by atoms with Gasteiger partial charge in [0.1, 0.15) is 5.54 Å². The molecule has 6 nitrogen and oxygen atoms in total. The van der Waals surface area contributed by atoms with E-state index in [1.807, 2.05) is 6.07 Å². The molecule has 1 N–H and O–H groups in total. The van der Waals surface area contributed by atoms with Crippen LogP contribution in [-0.4, -0.2) is 35.9 Å². The minimum absolute atomic E-state index is 0.194. The Labute approximate surface area is 123 Å². The summed E-state index contributed by atoms with van der Waals surface area (Å²) in [7, 11) is -3.80. The fraction of sp³-hybridized carbons (Fsp3) is 0.429. The van der Waals surface area contributed by atoms with E-state index in [0.717, 1.165) is 4.31 Å². The van der Waals surface area contributed by atoms with Crippen molar-refractivity contribution in [3.8, 4) is 6.07 Å². The highest BCUT2D eigenvalue weighted by Crippen LogP contribution is 2.33. The molecule has 1 saturated heterocycles. The van der Waals surface area contributed by atoms with E-state index < -0.39 is 21.5 Å². The summed E-state index contributed by atoms with van der Waals surface area (Å²) in [6.45, 7) is 1.62. The van der Waals surface area contributed by atoms with Gasteiger partial charge in [0.15, 0.2) is 0 Å². The van der Waals surface area contributed by atoms with Gasteiger partial charge < -0.3 is 5.11 Å². The lowest BCUT2D eigenvalue weighted by Gasteiger charge is -2.30. The van der Waals surface area contributed by atoms with Crippen LogP contribution in [0.3, 0.4) is 0 Å². The number of nitriles is 1. The highest BCUT2D eigenvalue weighted by atomic mass is 32.2. The van der Waals surface area contributed by atoms with Gasteiger partial charge in [-0.25, -0.2) is 8.42 Å². The molecule has 1 aromatic rings. The molecule has 1 aromatic carbocycles. The topological polar surface area (TPSA) is 98.5 Å². The fourth-order valence-corrected chi connectivity index (χ4v) is 4.62. The Morgan fingerprint density at radius 1 is 1.48 bits per heavy atom. The first-order valence-corrected chi connectivity index (χ1v) is 8.14. The molecule has 0 aromatic heterocycles. The number of hydrogen-bond acceptors (Lipinski definition) is 4. The lowest BCUT2D eigenvalue weighted by molar-refractivity contribution is -0.146. The Kier molecular flexibility index (Phi) is 4.03. The van der Waals surface area contributed by atoms with Crippen molar-refractivity contribution in [1.29, 1.82) is 5.26 Å². The standard InChI is InChI=1S/C14H16N2O4S/c1-14(13(17)18)7-4-8-16(14)21(19,20)10-12-6-3-2-5-11(12)9-15/h2-3,5-6H,4,7-8,10H2,1H3,(H,17,18)/t14-/m1/s1. The van der Waals surface area contributed by atoms with Crippen LogP contribution in [0.15, 0.2) is 24.3 Å². The number of benzene rings is 1. The van der Waals surface area contributed by atoms with Crippen LogP contribution in [0.4, 0.5) is 0 Å². The molecule has 0 spiro atoms. The van der Waals surface area contributed by atoms with Gasteiger partial charge in [-0.3, -0.25) is 4.79 Å². The third-order valence-electron chi connectivity index (χ3n) is 3.85. The molecule has 0 radical (unpaired) electrons. The van der Waals surface area contributed by atoms with E-state index in [9.17, 15) is 18.3 Å². The molecule has 1 atom stereocenters. The maximum absolute atomic E-state index is 12.5. The molecule has 2 rings (SSSR count). The summed E-state index contributed by atoms with van der Waals surface area (Å²) in [6, 6.07) is 8.39. The molecular weight excluding hydrogens is 292 g/mol. The van der Waals surface area contributed by atoms with Gasteiger partial charge in [0.2, 0.25) is 10.0 Å². The summed E-state index contributed by atoms with van der Waals surface area (Å²) >= 11 is 0. The summed E-state index contributed by atoms with van der Waals surface area (Å²) in [5.41, 5.74) is -0.725. The van der Waals surface area contributed by atoms with Crippen molar-refractivity contribution in [2.75, 3.05) is 6.54 Å². The third-order valence-corrected chi connectivity index (χ3v) is 5.78. The maximum atomic E-state index is 12.5. The van der Waals surface area contributed by atoms with E-state index in [4.69, 9.17) is 5.26 Å². The summed E-state index contributed by atoms with van der Waals surface area (Å²) < 4.78 is 26.1. The normalized spacial score (nSPS) is 22.9. The van der Waals surface area contributed by atoms with E-state index in [0.29, 0.717) is 18.4 Å². The maximum Gasteiger partial charge on any atom is 0.324 e. The van der Waals surface area contributed by atoms with Gasteiger partial charge in [0.05, 0.1) is 17.4 Å². The van der Waals surface area contributed by atoms with Gasteiger partial charge in [-0.1, -0.05) is 18.2 Å². The van der Waals surface area contributed by atoms with E-state index in [-0.39, 0.29) is 17.9 Å². The third kappa shape index (κ3) is 2.77. The van der Waals surface area contributed by atoms with Crippen LogP contribution in [0.1, 0.15) is 30.9 Å². The zero-order chi connectivity index (χ0) is 15.7. The van der Waals surface area contributed by atoms with Crippen LogP contribution in [0, 0.1) is 11.3 Å². The summed E-state index contributed by atoms with van der Waals surface area (Å²) in [6.07, 6.45) is 0.809. The predicted molar refractivity (Wildman–Crippen MR) is 75.8 cm³/mol. The Balaban J connectivity index is 2.35. The van der Waals surface area contributed by atoms with E-state index in [1.54, 1.807) is 24.3 Å². The SMILES string of the molecule is C[C@]1(C(=O)O)CCCN1S(=O)(=O)Cc1ccccc1C#N. The van der Waals surface area contributed by atoms with Crippen molar-refractivity contribution in [3.05, 3.63) is 35.4 Å². The number of hydrogen-bond donors (Lipinski definition) is 1.